The molecule has 1 aromatic carbocycles. The van der Waals surface area contributed by atoms with E-state index >= 15 is 0 Å². The van der Waals surface area contributed by atoms with Crippen LogP contribution in [0.15, 0.2) is 24.3 Å². The molecule has 0 radical (unpaired) electrons. The second-order valence-corrected chi connectivity index (χ2v) is 6.09. The number of nitrogens with zero attached hydrogens (tertiary/aromatic N) is 1. The Morgan fingerprint density at radius 1 is 1.25 bits per heavy atom. The summed E-state index contributed by atoms with van der Waals surface area (Å²) >= 11 is 0. The fourth-order valence-corrected chi connectivity index (χ4v) is 2.58. The molecule has 3 rings (SSSR count). The first-order valence-electron chi connectivity index (χ1n) is 8.17. The largest absolute Gasteiger partial charge is 0.479 e. The Morgan fingerprint density at radius 2 is 2.00 bits per heavy atom. The number of rotatable bonds is 6. The van der Waals surface area contributed by atoms with Crippen molar-refractivity contribution in [2.75, 3.05) is 18.0 Å². The van der Waals surface area contributed by atoms with Gasteiger partial charge >= 0.3 is 0 Å². The molecule has 0 aromatic heterocycles. The number of nitrogens with one attached hydrogen (secondary N) is 2. The molecule has 2 aliphatic rings. The fourth-order valence-electron chi connectivity index (χ4n) is 2.58. The maximum absolute atomic E-state index is 12.3. The third-order valence-electron chi connectivity index (χ3n) is 4.02. The van der Waals surface area contributed by atoms with Crippen LogP contribution in [0, 0.1) is 0 Å². The molecule has 3 amide bonds. The summed E-state index contributed by atoms with van der Waals surface area (Å²) in [5, 5.41) is 5.39. The van der Waals surface area contributed by atoms with Gasteiger partial charge in [0.05, 0.1) is 12.2 Å². The number of para-hydroxylation sites is 2. The fraction of sp³-hybridized carbons (Fsp3) is 0.471. The van der Waals surface area contributed by atoms with Gasteiger partial charge < -0.3 is 20.3 Å². The van der Waals surface area contributed by atoms with Crippen LogP contribution in [-0.4, -0.2) is 43.0 Å². The Balaban J connectivity index is 1.52. The highest BCUT2D eigenvalue weighted by Gasteiger charge is 2.31. The molecule has 7 nitrogen and oxygen atoms in total. The van der Waals surface area contributed by atoms with Crippen LogP contribution >= 0.6 is 0 Å². The van der Waals surface area contributed by atoms with E-state index in [0.29, 0.717) is 11.4 Å². The van der Waals surface area contributed by atoms with Crippen molar-refractivity contribution in [3.8, 4) is 5.75 Å². The van der Waals surface area contributed by atoms with Crippen LogP contribution in [0.4, 0.5) is 5.69 Å². The van der Waals surface area contributed by atoms with Gasteiger partial charge in [0, 0.05) is 19.0 Å². The molecule has 1 aliphatic carbocycles. The van der Waals surface area contributed by atoms with Crippen molar-refractivity contribution in [3.63, 3.8) is 0 Å². The summed E-state index contributed by atoms with van der Waals surface area (Å²) in [7, 11) is 0. The molecule has 128 valence electrons. The van der Waals surface area contributed by atoms with Gasteiger partial charge in [-0.15, -0.1) is 0 Å². The average Bonchev–Trinajstić information content (AvgIpc) is 3.37. The van der Waals surface area contributed by atoms with Gasteiger partial charge in [-0.25, -0.2) is 0 Å². The van der Waals surface area contributed by atoms with Crippen molar-refractivity contribution >= 4 is 23.4 Å². The molecular formula is C17H21N3O4. The van der Waals surface area contributed by atoms with Crippen molar-refractivity contribution in [2.24, 2.45) is 0 Å². The summed E-state index contributed by atoms with van der Waals surface area (Å²) < 4.78 is 5.56. The Bertz CT molecular complexity index is 657. The molecule has 0 bridgehead atoms. The van der Waals surface area contributed by atoms with Crippen molar-refractivity contribution < 1.29 is 19.1 Å². The molecule has 1 heterocycles. The number of carbonyl (C=O) groups is 3. The minimum atomic E-state index is -0.577. The lowest BCUT2D eigenvalue weighted by Crippen LogP contribution is -2.46. The van der Waals surface area contributed by atoms with Gasteiger partial charge in [-0.2, -0.15) is 0 Å². The molecule has 1 aromatic rings. The third-order valence-corrected chi connectivity index (χ3v) is 4.02. The van der Waals surface area contributed by atoms with E-state index in [0.717, 1.165) is 12.8 Å². The molecule has 7 heteroatoms. The number of fused-ring (bicyclic) bond motifs is 1. The van der Waals surface area contributed by atoms with E-state index in [9.17, 15) is 14.4 Å². The summed E-state index contributed by atoms with van der Waals surface area (Å²) in [6.45, 7) is 1.91. The van der Waals surface area contributed by atoms with Crippen molar-refractivity contribution in [3.05, 3.63) is 24.3 Å². The van der Waals surface area contributed by atoms with E-state index in [1.165, 1.54) is 0 Å². The van der Waals surface area contributed by atoms with E-state index in [2.05, 4.69) is 10.6 Å². The Kier molecular flexibility index (Phi) is 4.69. The van der Waals surface area contributed by atoms with Crippen molar-refractivity contribution in [2.45, 2.75) is 38.3 Å². The summed E-state index contributed by atoms with van der Waals surface area (Å²) in [4.78, 5) is 37.3. The van der Waals surface area contributed by atoms with Crippen LogP contribution in [-0.2, 0) is 14.4 Å². The Labute approximate surface area is 140 Å². The molecule has 2 N–H and O–H groups in total. The number of hydrogen-bond acceptors (Lipinski definition) is 4. The highest BCUT2D eigenvalue weighted by molar-refractivity contribution is 6.00. The third kappa shape index (κ3) is 3.84. The minimum absolute atomic E-state index is 0.0284. The normalized spacial score (nSPS) is 19.3. The topological polar surface area (TPSA) is 87.7 Å². The summed E-state index contributed by atoms with van der Waals surface area (Å²) in [6.07, 6.45) is 1.57. The van der Waals surface area contributed by atoms with Gasteiger partial charge in [-0.05, 0) is 31.9 Å². The van der Waals surface area contributed by atoms with Gasteiger partial charge in [0.1, 0.15) is 5.75 Å². The number of ether oxygens (including phenoxy) is 1. The van der Waals surface area contributed by atoms with Crippen molar-refractivity contribution in [1.29, 1.82) is 0 Å². The van der Waals surface area contributed by atoms with Gasteiger partial charge in [0.2, 0.25) is 11.8 Å². The lowest BCUT2D eigenvalue weighted by Gasteiger charge is -2.32. The van der Waals surface area contributed by atoms with Gasteiger partial charge in [-0.3, -0.25) is 14.4 Å². The standard InChI is InChI=1S/C17H21N3O4/c1-11-17(23)20(13-4-2-3-5-14(13)24-11)9-8-15(21)18-10-16(22)19-12-6-7-12/h2-5,11-12H,6-10H2,1H3,(H,18,21)(H,19,22). The van der Waals surface area contributed by atoms with Gasteiger partial charge in [-0.1, -0.05) is 12.1 Å². The second-order valence-electron chi connectivity index (χ2n) is 6.09. The number of amides is 3. The molecule has 1 aliphatic heterocycles. The van der Waals surface area contributed by atoms with Crippen molar-refractivity contribution in [1.82, 2.24) is 10.6 Å². The molecule has 1 unspecified atom stereocenters. The van der Waals surface area contributed by atoms with Crippen LogP contribution in [0.5, 0.6) is 5.75 Å². The van der Waals surface area contributed by atoms with E-state index < -0.39 is 6.10 Å². The highest BCUT2D eigenvalue weighted by Crippen LogP contribution is 2.33. The SMILES string of the molecule is CC1Oc2ccccc2N(CCC(=O)NCC(=O)NC2CC2)C1=O. The van der Waals surface area contributed by atoms with Crippen LogP contribution < -0.4 is 20.3 Å². The quantitative estimate of drug-likeness (QED) is 0.798. The Morgan fingerprint density at radius 3 is 2.75 bits per heavy atom. The lowest BCUT2D eigenvalue weighted by atomic mass is 10.1. The number of anilines is 1. The monoisotopic (exact) mass is 331 g/mol. The number of carbonyl (C=O) groups excluding carboxylic acids is 3. The van der Waals surface area contributed by atoms with E-state index in [1.54, 1.807) is 24.0 Å². The molecule has 0 spiro atoms. The maximum atomic E-state index is 12.3. The zero-order valence-corrected chi connectivity index (χ0v) is 13.6. The van der Waals surface area contributed by atoms with Crippen LogP contribution in [0.2, 0.25) is 0 Å². The number of benzene rings is 1. The highest BCUT2D eigenvalue weighted by atomic mass is 16.5. The first kappa shape index (κ1) is 16.3. The molecular weight excluding hydrogens is 310 g/mol. The molecule has 24 heavy (non-hydrogen) atoms. The Hall–Kier alpha value is -2.57. The number of hydrogen-bond donors (Lipinski definition) is 2. The predicted molar refractivity (Wildman–Crippen MR) is 87.7 cm³/mol. The van der Waals surface area contributed by atoms with Crippen LogP contribution in [0.1, 0.15) is 26.2 Å². The molecule has 1 saturated carbocycles. The maximum Gasteiger partial charge on any atom is 0.267 e. The predicted octanol–water partition coefficient (Wildman–Crippen LogP) is 0.585. The average molecular weight is 331 g/mol. The van der Waals surface area contributed by atoms with E-state index in [-0.39, 0.29) is 43.3 Å². The zero-order chi connectivity index (χ0) is 17.1. The van der Waals surface area contributed by atoms with Gasteiger partial charge in [0.15, 0.2) is 6.10 Å². The summed E-state index contributed by atoms with van der Waals surface area (Å²) in [5.74, 6) is 0.0273. The van der Waals surface area contributed by atoms with Crippen LogP contribution in [0.3, 0.4) is 0 Å². The first-order chi connectivity index (χ1) is 11.5. The summed E-state index contributed by atoms with van der Waals surface area (Å²) in [6, 6.07) is 7.53. The second kappa shape index (κ2) is 6.90. The molecule has 1 fully saturated rings. The van der Waals surface area contributed by atoms with E-state index in [4.69, 9.17) is 4.74 Å². The zero-order valence-electron chi connectivity index (χ0n) is 13.6. The molecule has 0 saturated heterocycles. The lowest BCUT2D eigenvalue weighted by molar-refractivity contribution is -0.127. The molecule has 1 atom stereocenters. The first-order valence-corrected chi connectivity index (χ1v) is 8.17. The van der Waals surface area contributed by atoms with Crippen LogP contribution in [0.25, 0.3) is 0 Å². The van der Waals surface area contributed by atoms with Gasteiger partial charge in [0.25, 0.3) is 5.91 Å². The smallest absolute Gasteiger partial charge is 0.267 e. The summed E-state index contributed by atoms with van der Waals surface area (Å²) in [5.41, 5.74) is 0.667. The van der Waals surface area contributed by atoms with E-state index in [1.807, 2.05) is 12.1 Å². The minimum Gasteiger partial charge on any atom is -0.479 e.